The van der Waals surface area contributed by atoms with Gasteiger partial charge >= 0.3 is 0 Å². The van der Waals surface area contributed by atoms with Gasteiger partial charge in [-0.1, -0.05) is 6.92 Å². The molecule has 3 nitrogen and oxygen atoms in total. The largest absolute Gasteiger partial charge is 0.356 e. The lowest BCUT2D eigenvalue weighted by Crippen LogP contribution is -2.31. The molecule has 0 bridgehead atoms. The molecule has 15 heavy (non-hydrogen) atoms. The van der Waals surface area contributed by atoms with Crippen LogP contribution in [0.2, 0.25) is 0 Å². The number of hydrogen-bond donors (Lipinski definition) is 2. The van der Waals surface area contributed by atoms with Gasteiger partial charge in [-0.25, -0.2) is 0 Å². The molecule has 2 rings (SSSR count). The summed E-state index contributed by atoms with van der Waals surface area (Å²) in [6.07, 6.45) is 5.99. The van der Waals surface area contributed by atoms with Crippen LogP contribution in [0.5, 0.6) is 0 Å². The van der Waals surface area contributed by atoms with E-state index in [9.17, 15) is 4.79 Å². The minimum Gasteiger partial charge on any atom is -0.356 e. The summed E-state index contributed by atoms with van der Waals surface area (Å²) in [7, 11) is 0. The fourth-order valence-corrected chi connectivity index (χ4v) is 2.47. The van der Waals surface area contributed by atoms with Crippen LogP contribution in [0.25, 0.3) is 0 Å². The number of carbonyl (C=O) groups excluding carboxylic acids is 1. The second-order valence-electron chi connectivity index (χ2n) is 4.95. The summed E-state index contributed by atoms with van der Waals surface area (Å²) in [6, 6.07) is 0.692. The summed E-state index contributed by atoms with van der Waals surface area (Å²) in [5, 5.41) is 6.57. The number of nitrogens with one attached hydrogen (secondary N) is 2. The third-order valence-corrected chi connectivity index (χ3v) is 3.55. The van der Waals surface area contributed by atoms with Crippen molar-refractivity contribution >= 4 is 5.91 Å². The van der Waals surface area contributed by atoms with Crippen LogP contribution in [0.4, 0.5) is 0 Å². The topological polar surface area (TPSA) is 41.1 Å². The molecule has 86 valence electrons. The normalized spacial score (nSPS) is 30.5. The van der Waals surface area contributed by atoms with Gasteiger partial charge in [-0.3, -0.25) is 4.79 Å². The second kappa shape index (κ2) is 4.97. The minimum absolute atomic E-state index is 0.293. The monoisotopic (exact) mass is 210 g/mol. The predicted octanol–water partition coefficient (Wildman–Crippen LogP) is 1.29. The molecule has 0 saturated heterocycles. The van der Waals surface area contributed by atoms with Crippen molar-refractivity contribution in [2.75, 3.05) is 13.1 Å². The van der Waals surface area contributed by atoms with Gasteiger partial charge in [-0.15, -0.1) is 0 Å². The molecule has 3 heteroatoms. The zero-order chi connectivity index (χ0) is 10.7. The van der Waals surface area contributed by atoms with Crippen LogP contribution in [0.3, 0.4) is 0 Å². The lowest BCUT2D eigenvalue weighted by molar-refractivity contribution is -0.122. The molecular weight excluding hydrogens is 188 g/mol. The Kier molecular flexibility index (Phi) is 3.62. The van der Waals surface area contributed by atoms with Crippen molar-refractivity contribution in [3.05, 3.63) is 0 Å². The Morgan fingerprint density at radius 1 is 1.27 bits per heavy atom. The molecule has 2 aliphatic carbocycles. The van der Waals surface area contributed by atoms with Gasteiger partial charge in [0.1, 0.15) is 0 Å². The molecule has 2 aliphatic rings. The second-order valence-corrected chi connectivity index (χ2v) is 4.95. The molecule has 0 aromatic heterocycles. The highest BCUT2D eigenvalue weighted by molar-refractivity contribution is 5.80. The fraction of sp³-hybridized carbons (Fsp3) is 0.917. The molecule has 0 aromatic rings. The van der Waals surface area contributed by atoms with Gasteiger partial charge in [-0.2, -0.15) is 0 Å². The van der Waals surface area contributed by atoms with Crippen molar-refractivity contribution < 1.29 is 4.79 Å². The van der Waals surface area contributed by atoms with Gasteiger partial charge in [0.25, 0.3) is 0 Å². The van der Waals surface area contributed by atoms with Crippen molar-refractivity contribution in [2.45, 2.75) is 45.1 Å². The molecule has 0 radical (unpaired) electrons. The van der Waals surface area contributed by atoms with Gasteiger partial charge < -0.3 is 10.6 Å². The lowest BCUT2D eigenvalue weighted by atomic mass is 10.1. The standard InChI is InChI=1S/C12H22N2O/c1-2-13-11-6-3-9(7-11)8-14-12(15)10-4-5-10/h9-11,13H,2-8H2,1H3,(H,14,15). The highest BCUT2D eigenvalue weighted by Crippen LogP contribution is 2.29. The first-order chi connectivity index (χ1) is 7.29. The summed E-state index contributed by atoms with van der Waals surface area (Å²) in [5.74, 6) is 1.36. The van der Waals surface area contributed by atoms with Crippen LogP contribution in [-0.2, 0) is 4.79 Å². The molecule has 2 unspecified atom stereocenters. The molecule has 2 fully saturated rings. The van der Waals surface area contributed by atoms with Crippen LogP contribution < -0.4 is 10.6 Å². The molecule has 2 saturated carbocycles. The van der Waals surface area contributed by atoms with Crippen LogP contribution in [0, 0.1) is 11.8 Å². The van der Waals surface area contributed by atoms with E-state index < -0.39 is 0 Å². The Labute approximate surface area is 92.0 Å². The average molecular weight is 210 g/mol. The maximum Gasteiger partial charge on any atom is 0.223 e. The number of amides is 1. The van der Waals surface area contributed by atoms with E-state index in [1.807, 2.05) is 0 Å². The Morgan fingerprint density at radius 2 is 2.07 bits per heavy atom. The Morgan fingerprint density at radius 3 is 2.73 bits per heavy atom. The Balaban J connectivity index is 1.61. The molecule has 0 spiro atoms. The zero-order valence-corrected chi connectivity index (χ0v) is 9.59. The summed E-state index contributed by atoms with van der Waals surface area (Å²) >= 11 is 0. The summed E-state index contributed by atoms with van der Waals surface area (Å²) in [4.78, 5) is 11.4. The van der Waals surface area contributed by atoms with E-state index in [1.54, 1.807) is 0 Å². The number of carbonyl (C=O) groups is 1. The summed E-state index contributed by atoms with van der Waals surface area (Å²) < 4.78 is 0. The van der Waals surface area contributed by atoms with Gasteiger partial charge in [0.2, 0.25) is 5.91 Å². The highest BCUT2D eigenvalue weighted by Gasteiger charge is 2.30. The van der Waals surface area contributed by atoms with Crippen molar-refractivity contribution in [3.63, 3.8) is 0 Å². The first-order valence-corrected chi connectivity index (χ1v) is 6.30. The van der Waals surface area contributed by atoms with Crippen LogP contribution in [0.15, 0.2) is 0 Å². The quantitative estimate of drug-likeness (QED) is 0.718. The van der Waals surface area contributed by atoms with Crippen molar-refractivity contribution in [1.82, 2.24) is 10.6 Å². The maximum absolute atomic E-state index is 11.4. The highest BCUT2D eigenvalue weighted by atomic mass is 16.2. The lowest BCUT2D eigenvalue weighted by Gasteiger charge is -2.12. The molecular formula is C12H22N2O. The molecule has 0 aromatic carbocycles. The summed E-state index contributed by atoms with van der Waals surface area (Å²) in [6.45, 7) is 4.12. The van der Waals surface area contributed by atoms with Gasteiger partial charge in [-0.05, 0) is 44.6 Å². The van der Waals surface area contributed by atoms with E-state index in [-0.39, 0.29) is 0 Å². The van der Waals surface area contributed by atoms with E-state index in [2.05, 4.69) is 17.6 Å². The predicted molar refractivity (Wildman–Crippen MR) is 60.5 cm³/mol. The van der Waals surface area contributed by atoms with Crippen LogP contribution in [-0.4, -0.2) is 25.0 Å². The molecule has 2 N–H and O–H groups in total. The van der Waals surface area contributed by atoms with E-state index in [1.165, 1.54) is 19.3 Å². The third-order valence-electron chi connectivity index (χ3n) is 3.55. The minimum atomic E-state index is 0.293. The molecule has 1 amide bonds. The van der Waals surface area contributed by atoms with Crippen molar-refractivity contribution in [3.8, 4) is 0 Å². The van der Waals surface area contributed by atoms with E-state index in [0.717, 1.165) is 25.9 Å². The van der Waals surface area contributed by atoms with E-state index in [4.69, 9.17) is 0 Å². The van der Waals surface area contributed by atoms with E-state index in [0.29, 0.717) is 23.8 Å². The number of rotatable bonds is 5. The third kappa shape index (κ3) is 3.20. The summed E-state index contributed by atoms with van der Waals surface area (Å²) in [5.41, 5.74) is 0. The maximum atomic E-state index is 11.4. The molecule has 0 aliphatic heterocycles. The fourth-order valence-electron chi connectivity index (χ4n) is 2.47. The van der Waals surface area contributed by atoms with Crippen LogP contribution >= 0.6 is 0 Å². The van der Waals surface area contributed by atoms with Gasteiger partial charge in [0.05, 0.1) is 0 Å². The zero-order valence-electron chi connectivity index (χ0n) is 9.59. The molecule has 0 heterocycles. The van der Waals surface area contributed by atoms with Gasteiger partial charge in [0, 0.05) is 18.5 Å². The smallest absolute Gasteiger partial charge is 0.223 e. The van der Waals surface area contributed by atoms with Crippen LogP contribution in [0.1, 0.15) is 39.0 Å². The first-order valence-electron chi connectivity index (χ1n) is 6.30. The first kappa shape index (κ1) is 10.9. The molecule has 2 atom stereocenters. The number of hydrogen-bond acceptors (Lipinski definition) is 2. The van der Waals surface area contributed by atoms with Crippen molar-refractivity contribution in [2.24, 2.45) is 11.8 Å². The SMILES string of the molecule is CCNC1CCC(CNC(=O)C2CC2)C1. The van der Waals surface area contributed by atoms with Gasteiger partial charge in [0.15, 0.2) is 0 Å². The van der Waals surface area contributed by atoms with E-state index >= 15 is 0 Å². The Hall–Kier alpha value is -0.570. The average Bonchev–Trinajstić information content (AvgIpc) is 2.98. The Bertz CT molecular complexity index is 226. The van der Waals surface area contributed by atoms with Crippen molar-refractivity contribution in [1.29, 1.82) is 0 Å².